The van der Waals surface area contributed by atoms with E-state index < -0.39 is 11.0 Å². The molecule has 0 bridgehead atoms. The lowest BCUT2D eigenvalue weighted by atomic mass is 10.2. The fourth-order valence-electron chi connectivity index (χ4n) is 1.67. The molecule has 0 fully saturated rings. The Morgan fingerprint density at radius 1 is 1.43 bits per heavy atom. The predicted molar refractivity (Wildman–Crippen MR) is 77.7 cm³/mol. The number of rotatable bonds is 5. The maximum Gasteiger partial charge on any atom is 0.273 e. The van der Waals surface area contributed by atoms with Gasteiger partial charge in [-0.15, -0.1) is 0 Å². The first kappa shape index (κ1) is 15.2. The summed E-state index contributed by atoms with van der Waals surface area (Å²) in [5.41, 5.74) is 0.426. The number of aliphatic hydroxyl groups is 1. The van der Waals surface area contributed by atoms with Crippen LogP contribution in [0.2, 0.25) is 5.02 Å². The van der Waals surface area contributed by atoms with E-state index in [1.165, 1.54) is 24.4 Å². The summed E-state index contributed by atoms with van der Waals surface area (Å²) in [5, 5.41) is 20.7. The average Bonchev–Trinajstić information content (AvgIpc) is 2.49. The number of hydrogen-bond acceptors (Lipinski definition) is 5. The first-order chi connectivity index (χ1) is 10.0. The van der Waals surface area contributed by atoms with Crippen molar-refractivity contribution in [1.82, 2.24) is 4.98 Å². The van der Waals surface area contributed by atoms with Gasteiger partial charge in [0.2, 0.25) is 0 Å². The lowest BCUT2D eigenvalue weighted by Crippen LogP contribution is -1.98. The summed E-state index contributed by atoms with van der Waals surface area (Å²) in [6, 6.07) is 7.20. The number of non-ortho nitro benzene ring substituents is 1. The summed E-state index contributed by atoms with van der Waals surface area (Å²) in [7, 11) is 0. The van der Waals surface area contributed by atoms with Crippen LogP contribution in [-0.2, 0) is 0 Å². The summed E-state index contributed by atoms with van der Waals surface area (Å²) < 4.78 is 5.49. The van der Waals surface area contributed by atoms with Gasteiger partial charge in [0.1, 0.15) is 5.75 Å². The molecule has 0 spiro atoms. The van der Waals surface area contributed by atoms with E-state index >= 15 is 0 Å². The van der Waals surface area contributed by atoms with Crippen LogP contribution in [0.25, 0.3) is 0 Å². The van der Waals surface area contributed by atoms with E-state index in [1.54, 1.807) is 12.1 Å². The summed E-state index contributed by atoms with van der Waals surface area (Å²) in [6.07, 6.45) is 1.37. The molecule has 7 heteroatoms. The third-order valence-corrected chi connectivity index (χ3v) is 3.15. The Bertz CT molecular complexity index is 646. The van der Waals surface area contributed by atoms with Crippen molar-refractivity contribution >= 4 is 17.3 Å². The number of nitro benzene ring substituents is 1. The van der Waals surface area contributed by atoms with Crippen LogP contribution in [0.1, 0.15) is 25.1 Å². The minimum Gasteiger partial charge on any atom is -0.454 e. The zero-order valence-corrected chi connectivity index (χ0v) is 11.9. The van der Waals surface area contributed by atoms with Gasteiger partial charge in [-0.05, 0) is 24.6 Å². The van der Waals surface area contributed by atoms with E-state index in [0.29, 0.717) is 17.9 Å². The zero-order chi connectivity index (χ0) is 15.4. The quantitative estimate of drug-likeness (QED) is 0.669. The zero-order valence-electron chi connectivity index (χ0n) is 11.2. The molecular formula is C14H13ClN2O4. The number of aromatic nitrogens is 1. The van der Waals surface area contributed by atoms with Gasteiger partial charge in [0.05, 0.1) is 34.0 Å². The molecule has 0 saturated heterocycles. The number of ether oxygens (including phenoxy) is 1. The molecule has 0 aliphatic heterocycles. The average molecular weight is 309 g/mol. The Morgan fingerprint density at radius 2 is 2.19 bits per heavy atom. The Labute approximate surface area is 126 Å². The monoisotopic (exact) mass is 308 g/mol. The van der Waals surface area contributed by atoms with Gasteiger partial charge in [-0.1, -0.05) is 18.5 Å². The molecule has 0 amide bonds. The van der Waals surface area contributed by atoms with Gasteiger partial charge in [-0.2, -0.15) is 0 Å². The predicted octanol–water partition coefficient (Wildman–Crippen LogP) is 3.88. The molecule has 0 unspecified atom stereocenters. The number of hydrogen-bond donors (Lipinski definition) is 1. The van der Waals surface area contributed by atoms with E-state index in [9.17, 15) is 15.2 Å². The molecule has 6 nitrogen and oxygen atoms in total. The SMILES string of the molecule is CC[C@@H](O)c1ccc(Oc2cc([N+](=O)[O-])ccc2Cl)cn1. The van der Waals surface area contributed by atoms with Gasteiger partial charge >= 0.3 is 0 Å². The fraction of sp³-hybridized carbons (Fsp3) is 0.214. The number of halogens is 1. The lowest BCUT2D eigenvalue weighted by Gasteiger charge is -2.09. The fourth-order valence-corrected chi connectivity index (χ4v) is 1.83. The van der Waals surface area contributed by atoms with Crippen molar-refractivity contribution < 1.29 is 14.8 Å². The van der Waals surface area contributed by atoms with E-state index in [-0.39, 0.29) is 16.5 Å². The minimum absolute atomic E-state index is 0.111. The second-order valence-corrected chi connectivity index (χ2v) is 4.72. The van der Waals surface area contributed by atoms with Gasteiger partial charge < -0.3 is 9.84 Å². The summed E-state index contributed by atoms with van der Waals surface area (Å²) in [4.78, 5) is 14.3. The molecule has 1 N–H and O–H groups in total. The largest absolute Gasteiger partial charge is 0.454 e. The van der Waals surface area contributed by atoms with Gasteiger partial charge in [-0.3, -0.25) is 15.1 Å². The highest BCUT2D eigenvalue weighted by atomic mass is 35.5. The van der Waals surface area contributed by atoms with Crippen molar-refractivity contribution in [3.63, 3.8) is 0 Å². The Balaban J connectivity index is 2.22. The van der Waals surface area contributed by atoms with E-state index in [4.69, 9.17) is 16.3 Å². The Hall–Kier alpha value is -2.18. The smallest absolute Gasteiger partial charge is 0.273 e. The number of benzene rings is 1. The maximum absolute atomic E-state index is 10.7. The molecule has 110 valence electrons. The molecule has 21 heavy (non-hydrogen) atoms. The third kappa shape index (κ3) is 3.68. The second kappa shape index (κ2) is 6.51. The van der Waals surface area contributed by atoms with Crippen LogP contribution >= 0.6 is 11.6 Å². The molecule has 0 radical (unpaired) electrons. The number of nitro groups is 1. The normalized spacial score (nSPS) is 12.0. The molecule has 1 aromatic carbocycles. The van der Waals surface area contributed by atoms with Gasteiger partial charge in [-0.25, -0.2) is 0 Å². The number of pyridine rings is 1. The third-order valence-electron chi connectivity index (χ3n) is 2.84. The van der Waals surface area contributed by atoms with Gasteiger partial charge in [0, 0.05) is 6.07 Å². The Morgan fingerprint density at radius 3 is 2.76 bits per heavy atom. The first-order valence-electron chi connectivity index (χ1n) is 6.27. The minimum atomic E-state index is -0.625. The molecule has 1 atom stereocenters. The lowest BCUT2D eigenvalue weighted by molar-refractivity contribution is -0.384. The molecule has 0 aliphatic carbocycles. The maximum atomic E-state index is 10.7. The summed E-state index contributed by atoms with van der Waals surface area (Å²) in [6.45, 7) is 1.85. The summed E-state index contributed by atoms with van der Waals surface area (Å²) >= 11 is 5.95. The van der Waals surface area contributed by atoms with Crippen LogP contribution in [0.4, 0.5) is 5.69 Å². The standard InChI is InChI=1S/C14H13ClN2O4/c1-2-13(18)12-6-4-10(8-16-12)21-14-7-9(17(19)20)3-5-11(14)15/h3-8,13,18H,2H2,1H3/t13-/m1/s1. The van der Waals surface area contributed by atoms with E-state index in [2.05, 4.69) is 4.98 Å². The van der Waals surface area contributed by atoms with Crippen molar-refractivity contribution in [3.05, 3.63) is 57.4 Å². The molecule has 2 aromatic rings. The van der Waals surface area contributed by atoms with Crippen LogP contribution in [-0.4, -0.2) is 15.0 Å². The van der Waals surface area contributed by atoms with Crippen molar-refractivity contribution in [2.75, 3.05) is 0 Å². The van der Waals surface area contributed by atoms with Gasteiger partial charge in [0.25, 0.3) is 5.69 Å². The van der Waals surface area contributed by atoms with Gasteiger partial charge in [0.15, 0.2) is 5.75 Å². The van der Waals surface area contributed by atoms with E-state index in [0.717, 1.165) is 0 Å². The molecule has 1 heterocycles. The topological polar surface area (TPSA) is 85.5 Å². The molecule has 0 aliphatic rings. The van der Waals surface area contributed by atoms with Crippen LogP contribution in [0.3, 0.4) is 0 Å². The highest BCUT2D eigenvalue weighted by Gasteiger charge is 2.12. The number of aliphatic hydroxyl groups excluding tert-OH is 1. The molecular weight excluding hydrogens is 296 g/mol. The Kier molecular flexibility index (Phi) is 4.72. The van der Waals surface area contributed by atoms with Crippen LogP contribution in [0.5, 0.6) is 11.5 Å². The number of nitrogens with zero attached hydrogens (tertiary/aromatic N) is 2. The summed E-state index contributed by atoms with van der Waals surface area (Å²) in [5.74, 6) is 0.556. The molecule has 0 saturated carbocycles. The van der Waals surface area contributed by atoms with Crippen molar-refractivity contribution in [2.24, 2.45) is 0 Å². The molecule has 1 aromatic heterocycles. The van der Waals surface area contributed by atoms with Crippen LogP contribution < -0.4 is 4.74 Å². The second-order valence-electron chi connectivity index (χ2n) is 4.32. The van der Waals surface area contributed by atoms with Crippen molar-refractivity contribution in [3.8, 4) is 11.5 Å². The highest BCUT2D eigenvalue weighted by molar-refractivity contribution is 6.32. The van der Waals surface area contributed by atoms with Crippen molar-refractivity contribution in [2.45, 2.75) is 19.4 Å². The van der Waals surface area contributed by atoms with Crippen LogP contribution in [0, 0.1) is 10.1 Å². The van der Waals surface area contributed by atoms with Crippen LogP contribution in [0.15, 0.2) is 36.5 Å². The van der Waals surface area contributed by atoms with E-state index in [1.807, 2.05) is 6.92 Å². The first-order valence-corrected chi connectivity index (χ1v) is 6.65. The molecule has 2 rings (SSSR count). The highest BCUT2D eigenvalue weighted by Crippen LogP contribution is 2.32. The van der Waals surface area contributed by atoms with Crippen molar-refractivity contribution in [1.29, 1.82) is 0 Å².